The van der Waals surface area contributed by atoms with Crippen LogP contribution in [0.2, 0.25) is 0 Å². The number of unbranched alkanes of at least 4 members (excludes halogenated alkanes) is 3. The first-order valence-corrected chi connectivity index (χ1v) is 15.9. The SMILES string of the molecule is CC(C)C[C@H](NC(=O)[C@@H](N)CCCCN)C(=O)N[C@@H](CCCCN)C(=O)N[C@@H](CCC(N)=O)C(=O)N[C@@H](CCCCN)C(=O)O. The first-order valence-electron chi connectivity index (χ1n) is 15.9. The number of aliphatic carboxylic acids is 1. The van der Waals surface area contributed by atoms with Gasteiger partial charge < -0.3 is 55.0 Å². The molecule has 0 unspecified atom stereocenters. The third kappa shape index (κ3) is 18.9. The maximum absolute atomic E-state index is 13.5. The fourth-order valence-electron chi connectivity index (χ4n) is 4.51. The average molecular weight is 644 g/mol. The third-order valence-corrected chi connectivity index (χ3v) is 7.10. The largest absolute Gasteiger partial charge is 0.480 e. The van der Waals surface area contributed by atoms with Gasteiger partial charge in [-0.15, -0.1) is 0 Å². The lowest BCUT2D eigenvalue weighted by Crippen LogP contribution is -2.58. The van der Waals surface area contributed by atoms with Crippen molar-refractivity contribution in [1.82, 2.24) is 21.3 Å². The maximum atomic E-state index is 13.5. The number of carbonyl (C=O) groups is 6. The molecule has 0 rings (SSSR count). The topological polar surface area (TPSA) is 301 Å². The Morgan fingerprint density at radius 3 is 1.42 bits per heavy atom. The summed E-state index contributed by atoms with van der Waals surface area (Å²) < 4.78 is 0. The van der Waals surface area contributed by atoms with E-state index in [1.807, 2.05) is 13.8 Å². The Kier molecular flexibility index (Phi) is 22.2. The van der Waals surface area contributed by atoms with Crippen LogP contribution in [0, 0.1) is 5.92 Å². The van der Waals surface area contributed by atoms with Crippen molar-refractivity contribution >= 4 is 35.5 Å². The van der Waals surface area contributed by atoms with E-state index in [1.165, 1.54) is 0 Å². The van der Waals surface area contributed by atoms with E-state index < -0.39 is 65.7 Å². The molecule has 16 nitrogen and oxygen atoms in total. The Morgan fingerprint density at radius 1 is 0.578 bits per heavy atom. The molecule has 0 heterocycles. The Bertz CT molecular complexity index is 936. The monoisotopic (exact) mass is 643 g/mol. The van der Waals surface area contributed by atoms with Gasteiger partial charge in [-0.3, -0.25) is 24.0 Å². The van der Waals surface area contributed by atoms with Gasteiger partial charge in [0, 0.05) is 6.42 Å². The number of carbonyl (C=O) groups excluding carboxylic acids is 5. The Morgan fingerprint density at radius 2 is 0.978 bits per heavy atom. The van der Waals surface area contributed by atoms with Gasteiger partial charge in [-0.05, 0) is 89.8 Å². The van der Waals surface area contributed by atoms with E-state index in [0.29, 0.717) is 64.6 Å². The summed E-state index contributed by atoms with van der Waals surface area (Å²) in [7, 11) is 0. The van der Waals surface area contributed by atoms with E-state index in [1.54, 1.807) is 0 Å². The number of rotatable bonds is 26. The van der Waals surface area contributed by atoms with E-state index >= 15 is 0 Å². The zero-order valence-corrected chi connectivity index (χ0v) is 26.9. The summed E-state index contributed by atoms with van der Waals surface area (Å²) in [6.07, 6.45) is 3.88. The standard InChI is InChI=1S/C29H57N9O7/c1-18(2)17-23(38-25(40)19(33)9-3-6-14-30)28(43)35-20(10-4-7-15-31)26(41)36-21(12-13-24(34)39)27(42)37-22(29(44)45)11-5-8-16-32/h18-23H,3-17,30-33H2,1-2H3,(H2,34,39)(H,35,43)(H,36,41)(H,37,42)(H,38,40)(H,44,45)/t19-,20-,21-,22-,23-/m0/s1. The quantitative estimate of drug-likeness (QED) is 0.0461. The van der Waals surface area contributed by atoms with E-state index in [4.69, 9.17) is 28.7 Å². The minimum absolute atomic E-state index is 0.00735. The number of carboxylic acids is 1. The molecule has 0 saturated carbocycles. The van der Waals surface area contributed by atoms with Crippen molar-refractivity contribution in [1.29, 1.82) is 0 Å². The lowest BCUT2D eigenvalue weighted by molar-refractivity contribution is -0.142. The highest BCUT2D eigenvalue weighted by Crippen LogP contribution is 2.10. The number of nitrogens with one attached hydrogen (secondary N) is 4. The molecule has 0 aromatic carbocycles. The molecule has 0 aliphatic carbocycles. The van der Waals surface area contributed by atoms with Gasteiger partial charge >= 0.3 is 5.97 Å². The van der Waals surface area contributed by atoms with Crippen LogP contribution in [0.1, 0.15) is 90.9 Å². The molecule has 15 N–H and O–H groups in total. The lowest BCUT2D eigenvalue weighted by atomic mass is 10.0. The fourth-order valence-corrected chi connectivity index (χ4v) is 4.51. The molecule has 0 radical (unpaired) electrons. The van der Waals surface area contributed by atoms with Crippen LogP contribution in [0.25, 0.3) is 0 Å². The predicted molar refractivity (Wildman–Crippen MR) is 170 cm³/mol. The molecule has 0 saturated heterocycles. The van der Waals surface area contributed by atoms with Crippen molar-refractivity contribution in [3.63, 3.8) is 0 Å². The summed E-state index contributed by atoms with van der Waals surface area (Å²) in [5.41, 5.74) is 27.9. The summed E-state index contributed by atoms with van der Waals surface area (Å²) in [5, 5.41) is 19.9. The second-order valence-electron chi connectivity index (χ2n) is 11.7. The molecule has 260 valence electrons. The fraction of sp³-hybridized carbons (Fsp3) is 0.793. The first kappa shape index (κ1) is 41.7. The molecule has 0 bridgehead atoms. The van der Waals surface area contributed by atoms with Crippen LogP contribution in [-0.2, 0) is 28.8 Å². The van der Waals surface area contributed by atoms with Crippen molar-refractivity contribution in [3.05, 3.63) is 0 Å². The molecule has 0 aromatic rings. The summed E-state index contributed by atoms with van der Waals surface area (Å²) in [6, 6.07) is -5.50. The van der Waals surface area contributed by atoms with Gasteiger partial charge in [0.15, 0.2) is 0 Å². The maximum Gasteiger partial charge on any atom is 0.326 e. The molecule has 0 aromatic heterocycles. The van der Waals surface area contributed by atoms with Crippen molar-refractivity contribution in [2.24, 2.45) is 34.6 Å². The molecule has 0 aliphatic heterocycles. The van der Waals surface area contributed by atoms with Crippen molar-refractivity contribution in [2.75, 3.05) is 19.6 Å². The smallest absolute Gasteiger partial charge is 0.326 e. The second-order valence-corrected chi connectivity index (χ2v) is 11.7. The highest BCUT2D eigenvalue weighted by atomic mass is 16.4. The Hall–Kier alpha value is -3.34. The van der Waals surface area contributed by atoms with Gasteiger partial charge in [0.05, 0.1) is 6.04 Å². The van der Waals surface area contributed by atoms with Crippen LogP contribution in [0.5, 0.6) is 0 Å². The molecule has 45 heavy (non-hydrogen) atoms. The van der Waals surface area contributed by atoms with Crippen molar-refractivity contribution < 1.29 is 33.9 Å². The van der Waals surface area contributed by atoms with Gasteiger partial charge in [0.2, 0.25) is 29.5 Å². The molecular weight excluding hydrogens is 586 g/mol. The van der Waals surface area contributed by atoms with Crippen molar-refractivity contribution in [3.8, 4) is 0 Å². The van der Waals surface area contributed by atoms with Crippen LogP contribution in [0.15, 0.2) is 0 Å². The van der Waals surface area contributed by atoms with Gasteiger partial charge in [-0.2, -0.15) is 0 Å². The number of nitrogens with two attached hydrogens (primary N) is 5. The van der Waals surface area contributed by atoms with Crippen LogP contribution >= 0.6 is 0 Å². The number of carboxylic acid groups (broad SMARTS) is 1. The number of amides is 5. The van der Waals surface area contributed by atoms with Gasteiger partial charge in [0.1, 0.15) is 24.2 Å². The summed E-state index contributed by atoms with van der Waals surface area (Å²) >= 11 is 0. The van der Waals surface area contributed by atoms with Crippen LogP contribution in [0.4, 0.5) is 0 Å². The predicted octanol–water partition coefficient (Wildman–Crippen LogP) is -1.96. The van der Waals surface area contributed by atoms with Crippen molar-refractivity contribution in [2.45, 2.75) is 121 Å². The molecule has 5 atom stereocenters. The minimum Gasteiger partial charge on any atom is -0.480 e. The van der Waals surface area contributed by atoms with E-state index in [-0.39, 0.29) is 38.0 Å². The molecule has 0 aliphatic rings. The van der Waals surface area contributed by atoms with Crippen LogP contribution < -0.4 is 49.9 Å². The Balaban J connectivity index is 5.89. The van der Waals surface area contributed by atoms with Gasteiger partial charge in [-0.1, -0.05) is 20.3 Å². The molecule has 16 heteroatoms. The summed E-state index contributed by atoms with van der Waals surface area (Å²) in [4.78, 5) is 76.0. The lowest BCUT2D eigenvalue weighted by Gasteiger charge is -2.27. The van der Waals surface area contributed by atoms with E-state index in [0.717, 1.165) is 0 Å². The normalized spacial score (nSPS) is 14.5. The summed E-state index contributed by atoms with van der Waals surface area (Å²) in [5.74, 6) is -4.63. The number of hydrogen-bond acceptors (Lipinski definition) is 10. The highest BCUT2D eigenvalue weighted by Gasteiger charge is 2.32. The molecule has 5 amide bonds. The average Bonchev–Trinajstić information content (AvgIpc) is 2.97. The molecular formula is C29H57N9O7. The molecule has 0 spiro atoms. The number of hydrogen-bond donors (Lipinski definition) is 10. The third-order valence-electron chi connectivity index (χ3n) is 7.10. The zero-order valence-electron chi connectivity index (χ0n) is 26.9. The van der Waals surface area contributed by atoms with Gasteiger partial charge in [-0.25, -0.2) is 4.79 Å². The zero-order chi connectivity index (χ0) is 34.4. The van der Waals surface area contributed by atoms with Gasteiger partial charge in [0.25, 0.3) is 0 Å². The van der Waals surface area contributed by atoms with Crippen LogP contribution in [-0.4, -0.2) is 90.5 Å². The molecule has 0 fully saturated rings. The first-order chi connectivity index (χ1) is 21.3. The number of primary amides is 1. The highest BCUT2D eigenvalue weighted by molar-refractivity contribution is 5.95. The van der Waals surface area contributed by atoms with Crippen LogP contribution in [0.3, 0.4) is 0 Å². The Labute approximate surface area is 266 Å². The minimum atomic E-state index is -1.31. The van der Waals surface area contributed by atoms with E-state index in [2.05, 4.69) is 21.3 Å². The second kappa shape index (κ2) is 24.0. The summed E-state index contributed by atoms with van der Waals surface area (Å²) in [6.45, 7) is 4.93. The van der Waals surface area contributed by atoms with E-state index in [9.17, 15) is 33.9 Å².